The van der Waals surface area contributed by atoms with Crippen molar-refractivity contribution in [1.82, 2.24) is 0 Å². The summed E-state index contributed by atoms with van der Waals surface area (Å²) in [6.45, 7) is 3.21. The van der Waals surface area contributed by atoms with Crippen LogP contribution >= 0.6 is 0 Å². The molecule has 4 heteroatoms. The number of ether oxygens (including phenoxy) is 2. The van der Waals surface area contributed by atoms with Crippen molar-refractivity contribution >= 4 is 12.3 Å². The van der Waals surface area contributed by atoms with Gasteiger partial charge < -0.3 is 9.47 Å². The minimum atomic E-state index is -0.447. The van der Waals surface area contributed by atoms with Crippen LogP contribution in [0.3, 0.4) is 0 Å². The van der Waals surface area contributed by atoms with Crippen molar-refractivity contribution in [1.29, 1.82) is 0 Å². The second-order valence-electron chi connectivity index (χ2n) is 4.55. The van der Waals surface area contributed by atoms with Crippen molar-refractivity contribution in [2.24, 2.45) is 0 Å². The molecule has 0 aliphatic rings. The van der Waals surface area contributed by atoms with E-state index >= 15 is 0 Å². The maximum absolute atomic E-state index is 11.0. The molecule has 0 spiro atoms. The summed E-state index contributed by atoms with van der Waals surface area (Å²) in [6.07, 6.45) is 12.2. The summed E-state index contributed by atoms with van der Waals surface area (Å²) in [7, 11) is 1.31. The van der Waals surface area contributed by atoms with Gasteiger partial charge in [-0.2, -0.15) is 0 Å². The number of aldehydes is 1. The largest absolute Gasteiger partial charge is 0.466 e. The van der Waals surface area contributed by atoms with Crippen LogP contribution in [-0.4, -0.2) is 32.6 Å². The Hall–Kier alpha value is -1.42. The molecular weight excluding hydrogens is 256 g/mol. The van der Waals surface area contributed by atoms with E-state index in [9.17, 15) is 9.59 Å². The van der Waals surface area contributed by atoms with Crippen molar-refractivity contribution in [2.45, 2.75) is 45.4 Å². The molecule has 4 nitrogen and oxygen atoms in total. The van der Waals surface area contributed by atoms with Crippen molar-refractivity contribution in [3.8, 4) is 0 Å². The van der Waals surface area contributed by atoms with Gasteiger partial charge in [0.25, 0.3) is 0 Å². The van der Waals surface area contributed by atoms with E-state index in [0.29, 0.717) is 25.1 Å². The van der Waals surface area contributed by atoms with Crippen LogP contribution in [0.4, 0.5) is 0 Å². The third kappa shape index (κ3) is 11.7. The molecule has 0 unspecified atom stereocenters. The standard InChI is InChI=1S/C16H26O4/c1-3-4-5-6-7-8-13-20-14-15(11-12-17)9-10-16(18)19-2/h9-12H,3-8,13-14H2,1-2H3/b10-9-,15-11+. The van der Waals surface area contributed by atoms with Gasteiger partial charge in [-0.25, -0.2) is 4.79 Å². The molecule has 0 aromatic rings. The second-order valence-corrected chi connectivity index (χ2v) is 4.55. The lowest BCUT2D eigenvalue weighted by atomic mass is 10.1. The first-order valence-electron chi connectivity index (χ1n) is 7.22. The van der Waals surface area contributed by atoms with Crippen LogP contribution < -0.4 is 0 Å². The summed E-state index contributed by atoms with van der Waals surface area (Å²) in [5.74, 6) is -0.447. The first kappa shape index (κ1) is 18.6. The SMILES string of the molecule is CCCCCCCCOCC(/C=C\C(=O)OC)=C/C=O. The maximum atomic E-state index is 11.0. The van der Waals surface area contributed by atoms with Crippen LogP contribution in [0.15, 0.2) is 23.8 Å². The molecule has 0 aromatic carbocycles. The molecule has 0 aliphatic heterocycles. The highest BCUT2D eigenvalue weighted by atomic mass is 16.5. The summed E-state index contributed by atoms with van der Waals surface area (Å²) in [5, 5.41) is 0. The molecule has 114 valence electrons. The van der Waals surface area contributed by atoms with Crippen LogP contribution in [0.1, 0.15) is 45.4 Å². The zero-order valence-electron chi connectivity index (χ0n) is 12.6. The Balaban J connectivity index is 3.77. The van der Waals surface area contributed by atoms with Gasteiger partial charge in [0.15, 0.2) is 0 Å². The average molecular weight is 282 g/mol. The molecule has 0 saturated carbocycles. The maximum Gasteiger partial charge on any atom is 0.330 e. The molecule has 0 radical (unpaired) electrons. The van der Waals surface area contributed by atoms with Gasteiger partial charge in [-0.15, -0.1) is 0 Å². The Morgan fingerprint density at radius 2 is 1.75 bits per heavy atom. The lowest BCUT2D eigenvalue weighted by Gasteiger charge is -2.04. The number of unbranched alkanes of at least 4 members (excludes halogenated alkanes) is 5. The van der Waals surface area contributed by atoms with Gasteiger partial charge in [-0.1, -0.05) is 39.0 Å². The summed E-state index contributed by atoms with van der Waals surface area (Å²) in [6, 6.07) is 0. The number of esters is 1. The Morgan fingerprint density at radius 3 is 2.40 bits per heavy atom. The predicted octanol–water partition coefficient (Wildman–Crippen LogP) is 3.22. The van der Waals surface area contributed by atoms with Crippen LogP contribution in [0.25, 0.3) is 0 Å². The smallest absolute Gasteiger partial charge is 0.330 e. The van der Waals surface area contributed by atoms with E-state index in [2.05, 4.69) is 11.7 Å². The van der Waals surface area contributed by atoms with Crippen molar-refractivity contribution in [2.75, 3.05) is 20.3 Å². The van der Waals surface area contributed by atoms with Crippen molar-refractivity contribution < 1.29 is 19.1 Å². The molecule has 0 fully saturated rings. The van der Waals surface area contributed by atoms with Crippen LogP contribution in [0.2, 0.25) is 0 Å². The zero-order chi connectivity index (χ0) is 15.1. The Labute approximate surface area is 121 Å². The van der Waals surface area contributed by atoms with Gasteiger partial charge in [-0.3, -0.25) is 4.79 Å². The Morgan fingerprint density at radius 1 is 1.05 bits per heavy atom. The van der Waals surface area contributed by atoms with E-state index in [0.717, 1.165) is 6.42 Å². The molecule has 0 amide bonds. The van der Waals surface area contributed by atoms with Gasteiger partial charge >= 0.3 is 5.97 Å². The highest BCUT2D eigenvalue weighted by Crippen LogP contribution is 2.05. The van der Waals surface area contributed by atoms with Crippen molar-refractivity contribution in [3.05, 3.63) is 23.8 Å². The quantitative estimate of drug-likeness (QED) is 0.181. The van der Waals surface area contributed by atoms with Gasteiger partial charge in [-0.05, 0) is 24.1 Å². The van der Waals surface area contributed by atoms with E-state index in [1.807, 2.05) is 0 Å². The monoisotopic (exact) mass is 282 g/mol. The minimum absolute atomic E-state index is 0.335. The molecule has 0 saturated heterocycles. The molecule has 0 rings (SSSR count). The highest BCUT2D eigenvalue weighted by molar-refractivity contribution is 5.82. The molecule has 0 aliphatic carbocycles. The third-order valence-corrected chi connectivity index (χ3v) is 2.83. The van der Waals surface area contributed by atoms with Gasteiger partial charge in [0.2, 0.25) is 0 Å². The number of methoxy groups -OCH3 is 1. The van der Waals surface area contributed by atoms with Crippen LogP contribution in [0, 0.1) is 0 Å². The molecule has 0 heterocycles. The van der Waals surface area contributed by atoms with Crippen LogP contribution in [-0.2, 0) is 19.1 Å². The fraction of sp³-hybridized carbons (Fsp3) is 0.625. The molecule has 0 bridgehead atoms. The van der Waals surface area contributed by atoms with E-state index in [1.54, 1.807) is 6.08 Å². The molecule has 0 N–H and O–H groups in total. The lowest BCUT2D eigenvalue weighted by Crippen LogP contribution is -2.01. The van der Waals surface area contributed by atoms with E-state index in [1.165, 1.54) is 51.4 Å². The number of hydrogen-bond acceptors (Lipinski definition) is 4. The second kappa shape index (κ2) is 14.0. The van der Waals surface area contributed by atoms with E-state index in [-0.39, 0.29) is 0 Å². The number of carbonyl (C=O) groups is 2. The summed E-state index contributed by atoms with van der Waals surface area (Å²) in [5.41, 5.74) is 0.663. The first-order chi connectivity index (χ1) is 9.74. The molecule has 0 atom stereocenters. The fourth-order valence-electron chi connectivity index (χ4n) is 1.66. The molecular formula is C16H26O4. The summed E-state index contributed by atoms with van der Waals surface area (Å²) in [4.78, 5) is 21.4. The Kier molecular flexibility index (Phi) is 13.0. The van der Waals surface area contributed by atoms with Gasteiger partial charge in [0.1, 0.15) is 6.29 Å². The Bertz CT molecular complexity index is 318. The lowest BCUT2D eigenvalue weighted by molar-refractivity contribution is -0.134. The summed E-state index contributed by atoms with van der Waals surface area (Å²) < 4.78 is 9.98. The van der Waals surface area contributed by atoms with Crippen molar-refractivity contribution in [3.63, 3.8) is 0 Å². The first-order valence-corrected chi connectivity index (χ1v) is 7.22. The number of allylic oxidation sites excluding steroid dienone is 1. The zero-order valence-corrected chi connectivity index (χ0v) is 12.6. The molecule has 0 aromatic heterocycles. The number of hydrogen-bond donors (Lipinski definition) is 0. The third-order valence-electron chi connectivity index (χ3n) is 2.83. The number of carbonyl (C=O) groups excluding carboxylic acids is 2. The average Bonchev–Trinajstić information content (AvgIpc) is 2.46. The molecule has 20 heavy (non-hydrogen) atoms. The topological polar surface area (TPSA) is 52.6 Å². The van der Waals surface area contributed by atoms with Crippen LogP contribution in [0.5, 0.6) is 0 Å². The van der Waals surface area contributed by atoms with E-state index < -0.39 is 5.97 Å². The normalized spacial score (nSPS) is 11.8. The van der Waals surface area contributed by atoms with Gasteiger partial charge in [0, 0.05) is 12.7 Å². The summed E-state index contributed by atoms with van der Waals surface area (Å²) >= 11 is 0. The van der Waals surface area contributed by atoms with Gasteiger partial charge in [0.05, 0.1) is 13.7 Å². The van der Waals surface area contributed by atoms with E-state index in [4.69, 9.17) is 4.74 Å². The minimum Gasteiger partial charge on any atom is -0.466 e. The fourth-order valence-corrected chi connectivity index (χ4v) is 1.66. The highest BCUT2D eigenvalue weighted by Gasteiger charge is 1.97. The number of rotatable bonds is 12. The predicted molar refractivity (Wildman–Crippen MR) is 79.5 cm³/mol.